The number of nitrogens with zero attached hydrogens (tertiary/aromatic N) is 1. The number of anilines is 2. The molecule has 7 heteroatoms. The second kappa shape index (κ2) is 8.59. The van der Waals surface area contributed by atoms with Crippen LogP contribution in [0.1, 0.15) is 15.9 Å². The summed E-state index contributed by atoms with van der Waals surface area (Å²) in [6, 6.07) is 21.5. The van der Waals surface area contributed by atoms with Gasteiger partial charge in [-0.15, -0.1) is 0 Å². The van der Waals surface area contributed by atoms with Gasteiger partial charge in [-0.05, 0) is 35.9 Å². The van der Waals surface area contributed by atoms with Crippen LogP contribution in [-0.4, -0.2) is 16.7 Å². The number of hydrogen-bond acceptors (Lipinski definition) is 4. The SMILES string of the molecule is O=C(Cc1ccccc1)Nc1cccc(NC(=O)c2ccc([N+](=O)[O-])cc2)c1. The van der Waals surface area contributed by atoms with Gasteiger partial charge in [0.25, 0.3) is 11.6 Å². The van der Waals surface area contributed by atoms with Crippen molar-refractivity contribution in [1.29, 1.82) is 0 Å². The van der Waals surface area contributed by atoms with E-state index in [1.807, 2.05) is 30.3 Å². The minimum Gasteiger partial charge on any atom is -0.326 e. The van der Waals surface area contributed by atoms with Crippen LogP contribution in [0.5, 0.6) is 0 Å². The van der Waals surface area contributed by atoms with E-state index in [9.17, 15) is 19.7 Å². The van der Waals surface area contributed by atoms with E-state index >= 15 is 0 Å². The van der Waals surface area contributed by atoms with Crippen molar-refractivity contribution in [2.75, 3.05) is 10.6 Å². The summed E-state index contributed by atoms with van der Waals surface area (Å²) in [6.45, 7) is 0. The van der Waals surface area contributed by atoms with Crippen LogP contribution in [0.25, 0.3) is 0 Å². The zero-order chi connectivity index (χ0) is 19.9. The average Bonchev–Trinajstić information content (AvgIpc) is 2.69. The molecule has 0 aliphatic carbocycles. The molecular formula is C21H17N3O4. The number of carbonyl (C=O) groups excluding carboxylic acids is 2. The molecule has 3 aromatic carbocycles. The van der Waals surface area contributed by atoms with Crippen molar-refractivity contribution in [2.24, 2.45) is 0 Å². The van der Waals surface area contributed by atoms with Crippen LogP contribution in [0.4, 0.5) is 17.1 Å². The van der Waals surface area contributed by atoms with E-state index in [1.165, 1.54) is 24.3 Å². The fourth-order valence-electron chi connectivity index (χ4n) is 2.60. The van der Waals surface area contributed by atoms with Crippen molar-refractivity contribution < 1.29 is 14.5 Å². The van der Waals surface area contributed by atoms with E-state index in [1.54, 1.807) is 24.3 Å². The number of non-ortho nitro benzene ring substituents is 1. The Morgan fingerprint density at radius 1 is 0.821 bits per heavy atom. The number of nitrogens with one attached hydrogen (secondary N) is 2. The van der Waals surface area contributed by atoms with Gasteiger partial charge in [0.1, 0.15) is 0 Å². The predicted molar refractivity (Wildman–Crippen MR) is 106 cm³/mol. The van der Waals surface area contributed by atoms with Gasteiger partial charge in [-0.2, -0.15) is 0 Å². The largest absolute Gasteiger partial charge is 0.326 e. The Balaban J connectivity index is 1.63. The molecule has 0 spiro atoms. The lowest BCUT2D eigenvalue weighted by Gasteiger charge is -2.09. The highest BCUT2D eigenvalue weighted by Gasteiger charge is 2.10. The van der Waals surface area contributed by atoms with Crippen LogP contribution in [0.3, 0.4) is 0 Å². The minimum absolute atomic E-state index is 0.0836. The minimum atomic E-state index is -0.525. The fraction of sp³-hybridized carbons (Fsp3) is 0.0476. The van der Waals surface area contributed by atoms with Crippen molar-refractivity contribution in [2.45, 2.75) is 6.42 Å². The molecule has 0 radical (unpaired) electrons. The van der Waals surface area contributed by atoms with Gasteiger partial charge in [-0.1, -0.05) is 36.4 Å². The van der Waals surface area contributed by atoms with Gasteiger partial charge in [-0.25, -0.2) is 0 Å². The van der Waals surface area contributed by atoms with Crippen molar-refractivity contribution in [1.82, 2.24) is 0 Å². The maximum atomic E-state index is 12.3. The summed E-state index contributed by atoms with van der Waals surface area (Å²) in [4.78, 5) is 34.6. The Bertz CT molecular complexity index is 1000. The lowest BCUT2D eigenvalue weighted by Crippen LogP contribution is -2.15. The number of hydrogen-bond donors (Lipinski definition) is 2. The Labute approximate surface area is 161 Å². The molecule has 3 rings (SSSR count). The topological polar surface area (TPSA) is 101 Å². The molecule has 3 aromatic rings. The van der Waals surface area contributed by atoms with Crippen molar-refractivity contribution in [3.05, 3.63) is 100 Å². The van der Waals surface area contributed by atoms with E-state index in [0.29, 0.717) is 16.9 Å². The second-order valence-electron chi connectivity index (χ2n) is 6.05. The van der Waals surface area contributed by atoms with Gasteiger partial charge in [0.15, 0.2) is 0 Å². The number of nitro benzene ring substituents is 1. The van der Waals surface area contributed by atoms with Crippen LogP contribution in [0.2, 0.25) is 0 Å². The van der Waals surface area contributed by atoms with Crippen LogP contribution >= 0.6 is 0 Å². The molecule has 7 nitrogen and oxygen atoms in total. The number of carbonyl (C=O) groups is 2. The van der Waals surface area contributed by atoms with Crippen molar-refractivity contribution >= 4 is 28.9 Å². The number of benzene rings is 3. The van der Waals surface area contributed by atoms with Crippen molar-refractivity contribution in [3.8, 4) is 0 Å². The van der Waals surface area contributed by atoms with Crippen LogP contribution in [0, 0.1) is 10.1 Å². The molecule has 0 aliphatic rings. The number of nitro groups is 1. The number of rotatable bonds is 6. The normalized spacial score (nSPS) is 10.1. The monoisotopic (exact) mass is 375 g/mol. The molecule has 0 atom stereocenters. The molecule has 0 saturated heterocycles. The standard InChI is InChI=1S/C21H17N3O4/c25-20(13-15-5-2-1-3-6-15)22-17-7-4-8-18(14-17)23-21(26)16-9-11-19(12-10-16)24(27)28/h1-12,14H,13H2,(H,22,25)(H,23,26). The first-order valence-electron chi connectivity index (χ1n) is 8.51. The summed E-state index contributed by atoms with van der Waals surface area (Å²) in [5, 5.41) is 16.2. The molecule has 28 heavy (non-hydrogen) atoms. The molecule has 2 N–H and O–H groups in total. The highest BCUT2D eigenvalue weighted by molar-refractivity contribution is 6.04. The first-order chi connectivity index (χ1) is 13.5. The summed E-state index contributed by atoms with van der Waals surface area (Å²) in [5.74, 6) is -0.562. The van der Waals surface area contributed by atoms with E-state index in [-0.39, 0.29) is 18.0 Å². The third-order valence-electron chi connectivity index (χ3n) is 3.95. The van der Waals surface area contributed by atoms with Gasteiger partial charge in [0, 0.05) is 29.1 Å². The Morgan fingerprint density at radius 2 is 1.46 bits per heavy atom. The average molecular weight is 375 g/mol. The zero-order valence-corrected chi connectivity index (χ0v) is 14.8. The van der Waals surface area contributed by atoms with Gasteiger partial charge < -0.3 is 10.6 Å². The van der Waals surface area contributed by atoms with Crippen LogP contribution in [-0.2, 0) is 11.2 Å². The van der Waals surface area contributed by atoms with Gasteiger partial charge in [-0.3, -0.25) is 19.7 Å². The third-order valence-corrected chi connectivity index (χ3v) is 3.95. The molecule has 0 heterocycles. The van der Waals surface area contributed by atoms with Gasteiger partial charge in [0.05, 0.1) is 11.3 Å². The molecule has 0 unspecified atom stereocenters. The molecule has 0 saturated carbocycles. The molecule has 140 valence electrons. The van der Waals surface area contributed by atoms with E-state index < -0.39 is 10.8 Å². The Kier molecular flexibility index (Phi) is 5.76. The highest BCUT2D eigenvalue weighted by Crippen LogP contribution is 2.18. The molecular weight excluding hydrogens is 358 g/mol. The molecule has 0 fully saturated rings. The van der Waals surface area contributed by atoms with E-state index in [0.717, 1.165) is 5.56 Å². The summed E-state index contributed by atoms with van der Waals surface area (Å²) in [7, 11) is 0. The smallest absolute Gasteiger partial charge is 0.269 e. The Morgan fingerprint density at radius 3 is 2.11 bits per heavy atom. The predicted octanol–water partition coefficient (Wildman–Crippen LogP) is 4.03. The lowest BCUT2D eigenvalue weighted by atomic mass is 10.1. The second-order valence-corrected chi connectivity index (χ2v) is 6.05. The first-order valence-corrected chi connectivity index (χ1v) is 8.51. The maximum Gasteiger partial charge on any atom is 0.269 e. The summed E-state index contributed by atoms with van der Waals surface area (Å²) in [5.41, 5.74) is 2.18. The fourth-order valence-corrected chi connectivity index (χ4v) is 2.60. The van der Waals surface area contributed by atoms with Gasteiger partial charge in [0.2, 0.25) is 5.91 Å². The first kappa shape index (κ1) is 18.8. The molecule has 2 amide bonds. The van der Waals surface area contributed by atoms with E-state index in [2.05, 4.69) is 10.6 Å². The third kappa shape index (κ3) is 5.01. The molecule has 0 bridgehead atoms. The molecule has 0 aliphatic heterocycles. The quantitative estimate of drug-likeness (QED) is 0.502. The summed E-state index contributed by atoms with van der Waals surface area (Å²) < 4.78 is 0. The summed E-state index contributed by atoms with van der Waals surface area (Å²) in [6.07, 6.45) is 0.250. The molecule has 0 aromatic heterocycles. The Hall–Kier alpha value is -4.00. The summed E-state index contributed by atoms with van der Waals surface area (Å²) >= 11 is 0. The highest BCUT2D eigenvalue weighted by atomic mass is 16.6. The van der Waals surface area contributed by atoms with Crippen molar-refractivity contribution in [3.63, 3.8) is 0 Å². The van der Waals surface area contributed by atoms with E-state index in [4.69, 9.17) is 0 Å². The lowest BCUT2D eigenvalue weighted by molar-refractivity contribution is -0.384. The van der Waals surface area contributed by atoms with Crippen LogP contribution in [0.15, 0.2) is 78.9 Å². The zero-order valence-electron chi connectivity index (χ0n) is 14.8. The maximum absolute atomic E-state index is 12.3. The van der Waals surface area contributed by atoms with Crippen LogP contribution < -0.4 is 10.6 Å². The number of amides is 2. The van der Waals surface area contributed by atoms with Gasteiger partial charge >= 0.3 is 0 Å².